The Bertz CT molecular complexity index is 3730. The monoisotopic (exact) mass is 1510 g/mol. The first-order valence-corrected chi connectivity index (χ1v) is 39.5. The van der Waals surface area contributed by atoms with Gasteiger partial charge in [0.1, 0.15) is 50.6 Å². The number of nitrogens with one attached hydrogen (secondary N) is 4. The van der Waals surface area contributed by atoms with Gasteiger partial charge in [-0.2, -0.15) is 9.97 Å². The predicted octanol–water partition coefficient (Wildman–Crippen LogP) is 12.7. The quantitative estimate of drug-likeness (QED) is 0.0753. The summed E-state index contributed by atoms with van der Waals surface area (Å²) in [5, 5.41) is 23.8. The van der Waals surface area contributed by atoms with Crippen LogP contribution in [0, 0.1) is 32.4 Å². The maximum Gasteiger partial charge on any atom is 0.410 e. The number of fused-ring (bicyclic) bond motifs is 2. The van der Waals surface area contributed by atoms with Gasteiger partial charge in [-0.15, -0.1) is 0 Å². The van der Waals surface area contributed by atoms with Gasteiger partial charge in [-0.05, 0) is 225 Å². The third kappa shape index (κ3) is 26.8. The fraction of sp³-hybridized carbons (Fsp3) is 0.684. The number of piperidine rings is 4. The molecule has 6 aromatic rings. The number of rotatable bonds is 11. The van der Waals surface area contributed by atoms with Crippen LogP contribution in [0.15, 0.2) is 39.4 Å². The van der Waals surface area contributed by atoms with E-state index in [1.54, 1.807) is 24.8 Å². The third-order valence-electron chi connectivity index (χ3n) is 19.9. The summed E-state index contributed by atoms with van der Waals surface area (Å²) in [5.41, 5.74) is 9.22. The number of hydrogen-bond acceptors (Lipinski definition) is 23. The molecule has 12 heterocycles. The second-order valence-corrected chi connectivity index (χ2v) is 31.5. The van der Waals surface area contributed by atoms with Crippen molar-refractivity contribution in [2.75, 3.05) is 110 Å². The Morgan fingerprint density at radius 2 is 1.03 bits per heavy atom. The number of pyridine rings is 2. The van der Waals surface area contributed by atoms with Crippen molar-refractivity contribution in [3.8, 4) is 22.9 Å². The average Bonchev–Trinajstić information content (AvgIpc) is 1.76. The maximum absolute atomic E-state index is 14.9. The molecule has 0 aliphatic carbocycles. The molecule has 2 aromatic carbocycles. The first-order chi connectivity index (χ1) is 51.3. The molecule has 8 saturated heterocycles. The van der Waals surface area contributed by atoms with Crippen LogP contribution in [0.3, 0.4) is 0 Å². The van der Waals surface area contributed by atoms with Crippen LogP contribution in [0.1, 0.15) is 186 Å². The minimum Gasteiger partial charge on any atom is -0.444 e. The summed E-state index contributed by atoms with van der Waals surface area (Å²) in [6, 6.07) is 12.5. The number of anilines is 1. The SMILES string of the molecule is C1COC[C@H](NC2CCNCC2)C1.CC(C)(C)OC(=O)N1CCC(=O)CC1.CC(C)(C)OC(=O)N1CCC(N[C@@H]2CCCOC2)CC1.CCc1cc(F)c2nc(Cl)c(-c3nc(C)no3)c(C)c2c1.CCc1cc(F)c2nc(N3CCC(N[C@@H]4CCCOC4)CC3)c(-c3nc(C)no3)cc2c1.N[C@@H]1CCCOC1. The Morgan fingerprint density at radius 3 is 1.47 bits per heavy atom. The molecule has 28 heteroatoms. The number of Topliss-reactive ketones (excluding diaryl/α,β-unsaturated/α-hetero) is 1. The number of aryl methyl sites for hydroxylation is 5. The van der Waals surface area contributed by atoms with Crippen molar-refractivity contribution in [3.05, 3.63) is 75.5 Å². The van der Waals surface area contributed by atoms with Crippen molar-refractivity contribution >= 4 is 57.2 Å². The van der Waals surface area contributed by atoms with Crippen LogP contribution in [0.25, 0.3) is 44.7 Å². The van der Waals surface area contributed by atoms with Crippen molar-refractivity contribution in [1.82, 2.24) is 61.3 Å². The highest BCUT2D eigenvalue weighted by Crippen LogP contribution is 2.37. The van der Waals surface area contributed by atoms with E-state index in [9.17, 15) is 23.2 Å². The topological polar surface area (TPSA) is 294 Å². The summed E-state index contributed by atoms with van der Waals surface area (Å²) in [7, 11) is 0. The summed E-state index contributed by atoms with van der Waals surface area (Å²) in [5.74, 6) is 2.07. The first-order valence-electron chi connectivity index (χ1n) is 39.1. The molecule has 0 saturated carbocycles. The Hall–Kier alpha value is -6.66. The van der Waals surface area contributed by atoms with Crippen LogP contribution in [-0.2, 0) is 46.1 Å². The van der Waals surface area contributed by atoms with Crippen LogP contribution < -0.4 is 31.9 Å². The fourth-order valence-electron chi connectivity index (χ4n) is 14.1. The number of aromatic nitrogens is 6. The van der Waals surface area contributed by atoms with Crippen LogP contribution in [0.5, 0.6) is 0 Å². The number of hydrogen-bond donors (Lipinski definition) is 5. The molecule has 8 aliphatic heterocycles. The van der Waals surface area contributed by atoms with E-state index in [0.717, 1.165) is 177 Å². The Kier molecular flexibility index (Phi) is 32.6. The molecule has 0 unspecified atom stereocenters. The normalized spacial score (nSPS) is 21.4. The lowest BCUT2D eigenvalue weighted by molar-refractivity contribution is -0.121. The molecule has 2 amide bonds. The number of benzene rings is 2. The molecule has 0 spiro atoms. The zero-order valence-corrected chi connectivity index (χ0v) is 66.0. The first kappa shape index (κ1) is 84.4. The molecule has 8 fully saturated rings. The molecule has 0 radical (unpaired) electrons. The molecule has 4 atom stereocenters. The number of nitrogens with two attached hydrogens (primary N) is 1. The largest absolute Gasteiger partial charge is 0.444 e. The number of amides is 2. The number of halogens is 3. The number of carbonyl (C=O) groups excluding carboxylic acids is 3. The van der Waals surface area contributed by atoms with Gasteiger partial charge in [-0.25, -0.2) is 28.3 Å². The summed E-state index contributed by atoms with van der Waals surface area (Å²) >= 11 is 6.19. The van der Waals surface area contributed by atoms with Gasteiger partial charge in [0.2, 0.25) is 0 Å². The Morgan fingerprint density at radius 1 is 0.570 bits per heavy atom. The van der Waals surface area contributed by atoms with Crippen molar-refractivity contribution in [2.45, 2.75) is 245 Å². The highest BCUT2D eigenvalue weighted by molar-refractivity contribution is 6.32. The zero-order valence-electron chi connectivity index (χ0n) is 65.2. The molecule has 4 aromatic heterocycles. The zero-order chi connectivity index (χ0) is 76.6. The van der Waals surface area contributed by atoms with Crippen LogP contribution >= 0.6 is 11.6 Å². The van der Waals surface area contributed by atoms with Gasteiger partial charge in [-0.3, -0.25) is 4.79 Å². The van der Waals surface area contributed by atoms with Gasteiger partial charge in [0.15, 0.2) is 11.6 Å². The van der Waals surface area contributed by atoms with Gasteiger partial charge < -0.3 is 79.2 Å². The van der Waals surface area contributed by atoms with E-state index < -0.39 is 11.2 Å². The summed E-state index contributed by atoms with van der Waals surface area (Å²) in [6.45, 7) is 34.1. The van der Waals surface area contributed by atoms with E-state index in [1.165, 1.54) is 57.7 Å². The summed E-state index contributed by atoms with van der Waals surface area (Å²) in [6.07, 6.45) is 17.9. The number of nitrogens with zero attached hydrogens (tertiary/aromatic N) is 9. The lowest BCUT2D eigenvalue weighted by atomic mass is 10.0. The molecule has 8 aliphatic rings. The van der Waals surface area contributed by atoms with E-state index in [1.807, 2.05) is 85.4 Å². The molecule has 25 nitrogen and oxygen atoms in total. The molecule has 107 heavy (non-hydrogen) atoms. The van der Waals surface area contributed by atoms with E-state index >= 15 is 0 Å². The Labute approximate surface area is 635 Å². The Balaban J connectivity index is 0.000000156. The highest BCUT2D eigenvalue weighted by atomic mass is 35.5. The van der Waals surface area contributed by atoms with Gasteiger partial charge in [0.05, 0.1) is 37.6 Å². The molecule has 6 N–H and O–H groups in total. The summed E-state index contributed by atoms with van der Waals surface area (Å²) in [4.78, 5) is 57.6. The molecular weight excluding hydrogens is 1390 g/mol. The number of likely N-dealkylation sites (tertiary alicyclic amines) is 2. The predicted molar refractivity (Wildman–Crippen MR) is 411 cm³/mol. The van der Waals surface area contributed by atoms with Crippen molar-refractivity contribution in [2.24, 2.45) is 5.73 Å². The van der Waals surface area contributed by atoms with Gasteiger partial charge in [0, 0.05) is 132 Å². The number of carbonyl (C=O) groups is 3. The minimum atomic E-state index is -0.460. The van der Waals surface area contributed by atoms with E-state index in [4.69, 9.17) is 59.8 Å². The van der Waals surface area contributed by atoms with Crippen molar-refractivity contribution in [1.29, 1.82) is 0 Å². The van der Waals surface area contributed by atoms with Gasteiger partial charge >= 0.3 is 12.2 Å². The average molecular weight is 1510 g/mol. The van der Waals surface area contributed by atoms with Crippen LogP contribution in [0.2, 0.25) is 5.15 Å². The van der Waals surface area contributed by atoms with Crippen LogP contribution in [0.4, 0.5) is 24.2 Å². The number of ether oxygens (including phenoxy) is 6. The van der Waals surface area contributed by atoms with Gasteiger partial charge in [-0.1, -0.05) is 35.8 Å². The van der Waals surface area contributed by atoms with Crippen LogP contribution in [-0.4, -0.2) is 217 Å². The number of ketones is 1. The second-order valence-electron chi connectivity index (χ2n) is 31.1. The minimum absolute atomic E-state index is 0.159. The molecule has 14 rings (SSSR count). The third-order valence-corrected chi connectivity index (χ3v) is 20.2. The smallest absolute Gasteiger partial charge is 0.410 e. The molecule has 592 valence electrons. The van der Waals surface area contributed by atoms with E-state index in [0.29, 0.717) is 108 Å². The molecular formula is C79H119ClF2N14O11. The lowest BCUT2D eigenvalue weighted by Gasteiger charge is -2.36. The van der Waals surface area contributed by atoms with E-state index in [2.05, 4.69) is 51.4 Å². The van der Waals surface area contributed by atoms with Crippen molar-refractivity contribution in [3.63, 3.8) is 0 Å². The van der Waals surface area contributed by atoms with Crippen molar-refractivity contribution < 1.29 is 60.6 Å². The van der Waals surface area contributed by atoms with Gasteiger partial charge in [0.25, 0.3) is 11.8 Å². The second kappa shape index (κ2) is 41.4. The van der Waals surface area contributed by atoms with E-state index in [-0.39, 0.29) is 40.3 Å². The maximum atomic E-state index is 14.9. The summed E-state index contributed by atoms with van der Waals surface area (Å²) < 4.78 is 71.9. The fourth-order valence-corrected chi connectivity index (χ4v) is 14.4. The lowest BCUT2D eigenvalue weighted by Crippen LogP contribution is -2.50. The molecule has 0 bridgehead atoms. The standard InChI is InChI=1S/C24H30FN5O2.C15H13ClFN3O.C15H28N2O3.C10H20N2O.C10H17NO3.C5H11NO/c1-3-16-11-17-13-20(24-26-15(2)29-32-24)23(28-22(17)21(25)12-16)30-8-6-18(7-9-30)27-19-5-4-10-31-14-19;1-4-9-5-10-7(2)12(15-18-8(3)20-21-15)14(16)19-13(10)11(17)6-9;1-15(2,3)20-14(18)17-8-6-12(7-9-17)16-13-5-4-10-19-11-13;1-2-10(8-13-7-1)12-9-3-5-11-6-4-9;1-10(2,3)14-9(13)11-6-4-8(12)5-7-11;6-5-2-1-3-7-4-5/h11-13,18-19,27H,3-10,14H2,1-2H3;5-6H,4H2,1-3H3;12-13,16H,4-11H2,1-3H3;9-12H,1-8H2;4-7H2,1-3H3;5H,1-4,6H2/t19-;;13-;10-;;5-/m1.11.1/s1. The highest BCUT2D eigenvalue weighted by Gasteiger charge is 2.32.